The summed E-state index contributed by atoms with van der Waals surface area (Å²) in [7, 11) is 0. The van der Waals surface area contributed by atoms with Gasteiger partial charge in [-0.25, -0.2) is 4.39 Å². The van der Waals surface area contributed by atoms with Crippen LogP contribution in [0.5, 0.6) is 0 Å². The predicted octanol–water partition coefficient (Wildman–Crippen LogP) is 4.48. The largest absolute Gasteiger partial charge is 0.598 e. The maximum absolute atomic E-state index is 13.9. The molecule has 0 saturated heterocycles. The lowest BCUT2D eigenvalue weighted by molar-refractivity contribution is -0.156. The Hall–Kier alpha value is -0.820. The number of esters is 1. The summed E-state index contributed by atoms with van der Waals surface area (Å²) in [6.45, 7) is 12.4. The van der Waals surface area contributed by atoms with E-state index >= 15 is 0 Å². The van der Waals surface area contributed by atoms with Crippen molar-refractivity contribution >= 4 is 28.9 Å². The summed E-state index contributed by atoms with van der Waals surface area (Å²) < 4.78 is 34.3. The quantitative estimate of drug-likeness (QED) is 0.593. The zero-order chi connectivity index (χ0) is 19.6. The van der Waals surface area contributed by atoms with Gasteiger partial charge < -0.3 is 9.29 Å². The molecule has 0 spiro atoms. The SMILES string of the molecule is CC(C)(C)OC(=O)C[C@](C)(N[S@+]([O-])C(C)(C)C)c1cccc(F)c1Cl. The van der Waals surface area contributed by atoms with Crippen LogP contribution in [0.1, 0.15) is 60.5 Å². The van der Waals surface area contributed by atoms with Gasteiger partial charge in [0.1, 0.15) is 16.2 Å². The summed E-state index contributed by atoms with van der Waals surface area (Å²) in [5.41, 5.74) is -1.45. The van der Waals surface area contributed by atoms with E-state index in [0.717, 1.165) is 0 Å². The molecule has 0 aliphatic heterocycles. The van der Waals surface area contributed by atoms with Gasteiger partial charge in [-0.2, -0.15) is 0 Å². The van der Waals surface area contributed by atoms with E-state index in [1.165, 1.54) is 12.1 Å². The first kappa shape index (κ1) is 22.2. The molecule has 0 saturated carbocycles. The molecular weight excluding hydrogens is 365 g/mol. The van der Waals surface area contributed by atoms with Crippen molar-refractivity contribution in [2.24, 2.45) is 0 Å². The minimum atomic E-state index is -1.50. The summed E-state index contributed by atoms with van der Waals surface area (Å²) in [5.74, 6) is -1.09. The first-order chi connectivity index (χ1) is 11.2. The highest BCUT2D eigenvalue weighted by Gasteiger charge is 2.41. The van der Waals surface area contributed by atoms with Crippen LogP contribution in [0.3, 0.4) is 0 Å². The van der Waals surface area contributed by atoms with Crippen LogP contribution in [-0.2, 0) is 26.4 Å². The monoisotopic (exact) mass is 391 g/mol. The molecule has 0 heterocycles. The van der Waals surface area contributed by atoms with Crippen molar-refractivity contribution in [1.82, 2.24) is 4.72 Å². The lowest BCUT2D eigenvalue weighted by Crippen LogP contribution is -2.51. The van der Waals surface area contributed by atoms with Crippen LogP contribution in [0.15, 0.2) is 18.2 Å². The Bertz CT molecular complexity index is 628. The summed E-state index contributed by atoms with van der Waals surface area (Å²) in [5, 5.41) is -0.105. The Labute approximate surface area is 157 Å². The van der Waals surface area contributed by atoms with Crippen LogP contribution in [0.4, 0.5) is 4.39 Å². The number of rotatable bonds is 5. The lowest BCUT2D eigenvalue weighted by Gasteiger charge is -2.35. The van der Waals surface area contributed by atoms with E-state index in [0.29, 0.717) is 5.56 Å². The molecule has 7 heteroatoms. The van der Waals surface area contributed by atoms with E-state index in [4.69, 9.17) is 16.3 Å². The van der Waals surface area contributed by atoms with Crippen molar-refractivity contribution in [2.45, 2.75) is 70.8 Å². The third kappa shape index (κ3) is 6.44. The Morgan fingerprint density at radius 3 is 2.28 bits per heavy atom. The van der Waals surface area contributed by atoms with Gasteiger partial charge >= 0.3 is 5.97 Å². The summed E-state index contributed by atoms with van der Waals surface area (Å²) in [4.78, 5) is 12.4. The maximum Gasteiger partial charge on any atom is 0.308 e. The second kappa shape index (κ2) is 7.82. The van der Waals surface area contributed by atoms with Crippen LogP contribution in [0.2, 0.25) is 5.02 Å². The normalized spacial score (nSPS) is 16.2. The highest BCUT2D eigenvalue weighted by molar-refractivity contribution is 7.90. The van der Waals surface area contributed by atoms with Gasteiger partial charge in [0.25, 0.3) is 0 Å². The minimum absolute atomic E-state index is 0.105. The third-order valence-corrected chi connectivity index (χ3v) is 5.47. The van der Waals surface area contributed by atoms with Gasteiger partial charge in [0, 0.05) is 11.4 Å². The number of carbonyl (C=O) groups is 1. The van der Waals surface area contributed by atoms with Gasteiger partial charge in [0.15, 0.2) is 0 Å². The van der Waals surface area contributed by atoms with Crippen molar-refractivity contribution in [3.63, 3.8) is 0 Å². The molecule has 1 N–H and O–H groups in total. The van der Waals surface area contributed by atoms with Crippen molar-refractivity contribution in [3.8, 4) is 0 Å². The fourth-order valence-electron chi connectivity index (χ4n) is 2.14. The van der Waals surface area contributed by atoms with E-state index < -0.39 is 39.0 Å². The van der Waals surface area contributed by atoms with E-state index in [9.17, 15) is 13.7 Å². The highest BCUT2D eigenvalue weighted by Crippen LogP contribution is 2.35. The number of benzene rings is 1. The van der Waals surface area contributed by atoms with Crippen LogP contribution in [0.25, 0.3) is 0 Å². The Balaban J connectivity index is 3.26. The van der Waals surface area contributed by atoms with Crippen molar-refractivity contribution in [2.75, 3.05) is 0 Å². The van der Waals surface area contributed by atoms with Crippen molar-refractivity contribution < 1.29 is 18.5 Å². The molecule has 1 aromatic rings. The number of carbonyl (C=O) groups excluding carboxylic acids is 1. The zero-order valence-electron chi connectivity index (χ0n) is 15.8. The molecule has 0 unspecified atom stereocenters. The molecule has 0 aliphatic carbocycles. The first-order valence-corrected chi connectivity index (χ1v) is 9.54. The zero-order valence-corrected chi connectivity index (χ0v) is 17.4. The smallest absolute Gasteiger partial charge is 0.308 e. The van der Waals surface area contributed by atoms with Gasteiger partial charge in [0.2, 0.25) is 0 Å². The second-order valence-corrected chi connectivity index (χ2v) is 10.5. The van der Waals surface area contributed by atoms with Crippen molar-refractivity contribution in [3.05, 3.63) is 34.6 Å². The van der Waals surface area contributed by atoms with Gasteiger partial charge in [-0.3, -0.25) is 4.79 Å². The van der Waals surface area contributed by atoms with Crippen LogP contribution in [0, 0.1) is 5.82 Å². The summed E-state index contributed by atoms with van der Waals surface area (Å²) in [6.07, 6.45) is -0.144. The molecule has 0 radical (unpaired) electrons. The molecule has 1 aromatic carbocycles. The molecule has 0 aliphatic rings. The number of ether oxygens (including phenoxy) is 1. The number of hydrogen-bond acceptors (Lipinski definition) is 4. The topological polar surface area (TPSA) is 61.4 Å². The predicted molar refractivity (Wildman–Crippen MR) is 100 cm³/mol. The molecule has 0 fully saturated rings. The average Bonchev–Trinajstić information content (AvgIpc) is 2.37. The number of halogens is 2. The maximum atomic E-state index is 13.9. The van der Waals surface area contributed by atoms with Crippen LogP contribution < -0.4 is 4.72 Å². The highest BCUT2D eigenvalue weighted by atomic mass is 35.5. The third-order valence-electron chi connectivity index (χ3n) is 3.34. The van der Waals surface area contributed by atoms with Gasteiger partial charge in [-0.15, -0.1) is 4.72 Å². The molecule has 0 bridgehead atoms. The lowest BCUT2D eigenvalue weighted by atomic mass is 9.89. The average molecular weight is 392 g/mol. The molecule has 142 valence electrons. The van der Waals surface area contributed by atoms with Crippen LogP contribution >= 0.6 is 11.6 Å². The minimum Gasteiger partial charge on any atom is -0.598 e. The van der Waals surface area contributed by atoms with Gasteiger partial charge in [0.05, 0.1) is 17.0 Å². The Morgan fingerprint density at radius 1 is 1.24 bits per heavy atom. The molecule has 0 aromatic heterocycles. The standard InChI is InChI=1S/C18H27ClFNO3S/c1-16(2,3)24-14(22)11-18(7,21-25(23)17(4,5)6)12-9-8-10-13(20)15(12)19/h8-10,21H,11H2,1-7H3/t18-,25+/m0/s1. The summed E-state index contributed by atoms with van der Waals surface area (Å²) in [6, 6.07) is 4.36. The molecule has 4 nitrogen and oxygen atoms in total. The fraction of sp³-hybridized carbons (Fsp3) is 0.611. The second-order valence-electron chi connectivity index (χ2n) is 8.18. The van der Waals surface area contributed by atoms with Gasteiger partial charge in [-0.1, -0.05) is 23.7 Å². The van der Waals surface area contributed by atoms with E-state index in [1.54, 1.807) is 54.5 Å². The molecule has 1 rings (SSSR count). The molecule has 2 atom stereocenters. The first-order valence-electron chi connectivity index (χ1n) is 8.02. The van der Waals surface area contributed by atoms with Crippen LogP contribution in [-0.4, -0.2) is 20.9 Å². The van der Waals surface area contributed by atoms with E-state index in [-0.39, 0.29) is 11.4 Å². The van der Waals surface area contributed by atoms with Crippen molar-refractivity contribution in [1.29, 1.82) is 0 Å². The van der Waals surface area contributed by atoms with Gasteiger partial charge in [-0.05, 0) is 60.1 Å². The van der Waals surface area contributed by atoms with E-state index in [2.05, 4.69) is 4.72 Å². The number of nitrogens with one attached hydrogen (secondary N) is 1. The summed E-state index contributed by atoms with van der Waals surface area (Å²) >= 11 is 4.63. The molecule has 0 amide bonds. The Morgan fingerprint density at radius 2 is 1.80 bits per heavy atom. The Kier molecular flexibility index (Phi) is 6.95. The van der Waals surface area contributed by atoms with E-state index in [1.807, 2.05) is 0 Å². The molecular formula is C18H27ClFNO3S. The fourth-order valence-corrected chi connectivity index (χ4v) is 3.37. The number of hydrogen-bond donors (Lipinski definition) is 1. The molecule has 25 heavy (non-hydrogen) atoms.